The van der Waals surface area contributed by atoms with Crippen LogP contribution in [0.15, 0.2) is 52.0 Å². The highest BCUT2D eigenvalue weighted by atomic mass is 79.9. The molecular formula is C17H14BrCl2N3O2. The van der Waals surface area contributed by atoms with Gasteiger partial charge in [-0.15, -0.1) is 0 Å². The van der Waals surface area contributed by atoms with E-state index in [9.17, 15) is 9.59 Å². The van der Waals surface area contributed by atoms with E-state index in [4.69, 9.17) is 23.2 Å². The summed E-state index contributed by atoms with van der Waals surface area (Å²) in [5, 5.41) is 7.47. The van der Waals surface area contributed by atoms with Crippen LogP contribution in [-0.4, -0.2) is 18.0 Å². The summed E-state index contributed by atoms with van der Waals surface area (Å²) in [6.07, 6.45) is 1.49. The van der Waals surface area contributed by atoms with Crippen molar-refractivity contribution in [1.29, 1.82) is 0 Å². The van der Waals surface area contributed by atoms with Gasteiger partial charge >= 0.3 is 0 Å². The van der Waals surface area contributed by atoms with Crippen molar-refractivity contribution < 1.29 is 9.59 Å². The Hall–Kier alpha value is -1.89. The number of hydrogen-bond acceptors (Lipinski definition) is 3. The third-order valence-electron chi connectivity index (χ3n) is 3.06. The minimum absolute atomic E-state index is 0.0219. The zero-order valence-corrected chi connectivity index (χ0v) is 16.0. The fraction of sp³-hybridized carbons (Fsp3) is 0.118. The number of amides is 2. The lowest BCUT2D eigenvalue weighted by atomic mass is 10.2. The molecule has 0 saturated heterocycles. The van der Waals surface area contributed by atoms with E-state index >= 15 is 0 Å². The maximum absolute atomic E-state index is 11.8. The van der Waals surface area contributed by atoms with E-state index in [2.05, 4.69) is 31.8 Å². The minimum atomic E-state index is -0.368. The summed E-state index contributed by atoms with van der Waals surface area (Å²) in [7, 11) is 0. The van der Waals surface area contributed by atoms with Gasteiger partial charge in [0.05, 0.1) is 11.2 Å². The second kappa shape index (κ2) is 9.56. The van der Waals surface area contributed by atoms with Gasteiger partial charge in [-0.3, -0.25) is 9.59 Å². The van der Waals surface area contributed by atoms with Crippen LogP contribution in [0.3, 0.4) is 0 Å². The van der Waals surface area contributed by atoms with Gasteiger partial charge in [-0.05, 0) is 36.4 Å². The molecule has 5 nitrogen and oxygen atoms in total. The number of rotatable bonds is 6. The lowest BCUT2D eigenvalue weighted by molar-refractivity contribution is -0.124. The van der Waals surface area contributed by atoms with Crippen LogP contribution in [0.2, 0.25) is 10.0 Å². The third kappa shape index (κ3) is 6.86. The van der Waals surface area contributed by atoms with Crippen LogP contribution in [-0.2, 0) is 9.59 Å². The summed E-state index contributed by atoms with van der Waals surface area (Å²) in [6.45, 7) is 0. The van der Waals surface area contributed by atoms with Gasteiger partial charge in [-0.25, -0.2) is 5.43 Å². The highest BCUT2D eigenvalue weighted by Gasteiger charge is 2.07. The van der Waals surface area contributed by atoms with Crippen molar-refractivity contribution >= 4 is 62.8 Å². The Bertz CT molecular complexity index is 795. The second-order valence-electron chi connectivity index (χ2n) is 5.01. The van der Waals surface area contributed by atoms with Crippen molar-refractivity contribution in [3.8, 4) is 0 Å². The van der Waals surface area contributed by atoms with Crippen molar-refractivity contribution in [2.45, 2.75) is 12.8 Å². The molecule has 2 N–H and O–H groups in total. The van der Waals surface area contributed by atoms with Crippen LogP contribution < -0.4 is 10.7 Å². The van der Waals surface area contributed by atoms with E-state index in [1.54, 1.807) is 30.3 Å². The largest absolute Gasteiger partial charge is 0.326 e. The lowest BCUT2D eigenvalue weighted by Crippen LogP contribution is -2.20. The van der Waals surface area contributed by atoms with Crippen LogP contribution in [0.5, 0.6) is 0 Å². The van der Waals surface area contributed by atoms with Gasteiger partial charge in [0.2, 0.25) is 11.8 Å². The average molecular weight is 443 g/mol. The Labute approximate surface area is 163 Å². The summed E-state index contributed by atoms with van der Waals surface area (Å²) in [5.74, 6) is -0.616. The average Bonchev–Trinajstić information content (AvgIpc) is 2.57. The molecule has 0 heterocycles. The standard InChI is InChI=1S/C17H14BrCl2N3O2/c18-12-2-5-14(6-3-12)22-16(24)7-8-17(25)23-21-10-11-1-4-13(19)9-15(11)20/h1-6,9-10H,7-8H2,(H,22,24)(H,23,25)/b21-10-. The van der Waals surface area contributed by atoms with Crippen LogP contribution in [0.4, 0.5) is 5.69 Å². The quantitative estimate of drug-likeness (QED) is 0.505. The van der Waals surface area contributed by atoms with E-state index < -0.39 is 0 Å². The van der Waals surface area contributed by atoms with Crippen molar-refractivity contribution in [3.05, 3.63) is 62.5 Å². The molecule has 0 aromatic heterocycles. The summed E-state index contributed by atoms with van der Waals surface area (Å²) in [5.41, 5.74) is 3.65. The molecule has 0 bridgehead atoms. The number of anilines is 1. The first-order valence-corrected chi connectivity index (χ1v) is 8.81. The molecule has 0 saturated carbocycles. The number of hydrogen-bond donors (Lipinski definition) is 2. The minimum Gasteiger partial charge on any atom is -0.326 e. The fourth-order valence-electron chi connectivity index (χ4n) is 1.82. The van der Waals surface area contributed by atoms with E-state index in [1.807, 2.05) is 12.1 Å². The first kappa shape index (κ1) is 19.4. The number of nitrogens with one attached hydrogen (secondary N) is 2. The number of carbonyl (C=O) groups excluding carboxylic acids is 2. The highest BCUT2D eigenvalue weighted by Crippen LogP contribution is 2.19. The Morgan fingerprint density at radius 1 is 1.04 bits per heavy atom. The normalized spacial score (nSPS) is 10.7. The lowest BCUT2D eigenvalue weighted by Gasteiger charge is -2.05. The molecule has 2 rings (SSSR count). The van der Waals surface area contributed by atoms with Gasteiger partial charge < -0.3 is 5.32 Å². The van der Waals surface area contributed by atoms with Crippen molar-refractivity contribution in [2.75, 3.05) is 5.32 Å². The number of hydrazone groups is 1. The molecule has 0 radical (unpaired) electrons. The van der Waals surface area contributed by atoms with Gasteiger partial charge in [0.15, 0.2) is 0 Å². The molecule has 0 aliphatic heterocycles. The molecule has 25 heavy (non-hydrogen) atoms. The number of benzene rings is 2. The predicted octanol–water partition coefficient (Wildman–Crippen LogP) is 4.62. The van der Waals surface area contributed by atoms with Gasteiger partial charge in [-0.2, -0.15) is 5.10 Å². The van der Waals surface area contributed by atoms with Crippen molar-refractivity contribution in [2.24, 2.45) is 5.10 Å². The Morgan fingerprint density at radius 2 is 1.72 bits per heavy atom. The first-order valence-electron chi connectivity index (χ1n) is 7.26. The Kier molecular flexibility index (Phi) is 7.43. The predicted molar refractivity (Wildman–Crippen MR) is 104 cm³/mol. The molecule has 2 aromatic carbocycles. The second-order valence-corrected chi connectivity index (χ2v) is 6.77. The van der Waals surface area contributed by atoms with Crippen LogP contribution in [0, 0.1) is 0 Å². The molecule has 0 spiro atoms. The van der Waals surface area contributed by atoms with Gasteiger partial charge in [0.1, 0.15) is 0 Å². The zero-order valence-electron chi connectivity index (χ0n) is 12.9. The molecule has 0 aliphatic rings. The molecule has 2 amide bonds. The summed E-state index contributed by atoms with van der Waals surface area (Å²) in [6, 6.07) is 12.1. The van der Waals surface area contributed by atoms with Gasteiger partial charge in [0, 0.05) is 33.6 Å². The molecule has 0 aliphatic carbocycles. The van der Waals surface area contributed by atoms with Crippen LogP contribution in [0.25, 0.3) is 0 Å². The SMILES string of the molecule is O=C(CCC(=O)Nc1ccc(Br)cc1)N/N=C\c1ccc(Cl)cc1Cl. The van der Waals surface area contributed by atoms with E-state index in [0.29, 0.717) is 21.3 Å². The van der Waals surface area contributed by atoms with Gasteiger partial charge in [-0.1, -0.05) is 45.2 Å². The molecule has 2 aromatic rings. The smallest absolute Gasteiger partial charge is 0.240 e. The molecule has 0 unspecified atom stereocenters. The molecular weight excluding hydrogens is 429 g/mol. The van der Waals surface area contributed by atoms with Gasteiger partial charge in [0.25, 0.3) is 0 Å². The molecule has 130 valence electrons. The molecule has 0 fully saturated rings. The number of nitrogens with zero attached hydrogens (tertiary/aromatic N) is 1. The maximum Gasteiger partial charge on any atom is 0.240 e. The summed E-state index contributed by atoms with van der Waals surface area (Å²) >= 11 is 15.1. The Balaban J connectivity index is 1.75. The molecule has 8 heteroatoms. The van der Waals surface area contributed by atoms with E-state index in [1.165, 1.54) is 6.21 Å². The summed E-state index contributed by atoms with van der Waals surface area (Å²) in [4.78, 5) is 23.5. The monoisotopic (exact) mass is 441 g/mol. The van der Waals surface area contributed by atoms with Crippen LogP contribution >= 0.6 is 39.1 Å². The number of carbonyl (C=O) groups is 2. The number of halogens is 3. The van der Waals surface area contributed by atoms with E-state index in [-0.39, 0.29) is 24.7 Å². The topological polar surface area (TPSA) is 70.6 Å². The van der Waals surface area contributed by atoms with Crippen molar-refractivity contribution in [3.63, 3.8) is 0 Å². The fourth-order valence-corrected chi connectivity index (χ4v) is 2.54. The van der Waals surface area contributed by atoms with E-state index in [0.717, 1.165) is 4.47 Å². The molecule has 0 atom stereocenters. The first-order chi connectivity index (χ1) is 11.9. The highest BCUT2D eigenvalue weighted by molar-refractivity contribution is 9.10. The maximum atomic E-state index is 11.8. The Morgan fingerprint density at radius 3 is 2.40 bits per heavy atom. The zero-order chi connectivity index (χ0) is 18.2. The van der Waals surface area contributed by atoms with Crippen molar-refractivity contribution in [1.82, 2.24) is 5.43 Å². The third-order valence-corrected chi connectivity index (χ3v) is 4.15. The summed E-state index contributed by atoms with van der Waals surface area (Å²) < 4.78 is 0.920. The van der Waals surface area contributed by atoms with Crippen LogP contribution in [0.1, 0.15) is 18.4 Å².